The summed E-state index contributed by atoms with van der Waals surface area (Å²) in [6.07, 6.45) is 1.31. The average Bonchev–Trinajstić information content (AvgIpc) is 2.39. The first-order valence-corrected chi connectivity index (χ1v) is 4.65. The number of halogens is 2. The Hall–Kier alpha value is -0.120. The van der Waals surface area contributed by atoms with Crippen LogP contribution in [0, 0.1) is 0 Å². The van der Waals surface area contributed by atoms with E-state index in [4.69, 9.17) is 0 Å². The van der Waals surface area contributed by atoms with Gasteiger partial charge in [-0.25, -0.2) is 0 Å². The van der Waals surface area contributed by atoms with Gasteiger partial charge in [-0.05, 0) is 18.6 Å². The van der Waals surface area contributed by atoms with Gasteiger partial charge in [0.15, 0.2) is 6.29 Å². The summed E-state index contributed by atoms with van der Waals surface area (Å²) >= 11 is 1.55. The molecule has 1 nitrogen and oxygen atoms in total. The number of hydrogen-bond acceptors (Lipinski definition) is 2. The van der Waals surface area contributed by atoms with Crippen molar-refractivity contribution >= 4 is 18.0 Å². The van der Waals surface area contributed by atoms with Crippen molar-refractivity contribution in [3.05, 3.63) is 0 Å². The highest BCUT2D eigenvalue weighted by Crippen LogP contribution is 2.33. The van der Waals surface area contributed by atoms with E-state index in [0.717, 1.165) is 18.6 Å². The van der Waals surface area contributed by atoms with E-state index in [-0.39, 0.29) is 18.0 Å². The van der Waals surface area contributed by atoms with Gasteiger partial charge in [0.25, 0.3) is 0 Å². The van der Waals surface area contributed by atoms with Gasteiger partial charge in [-0.1, -0.05) is 0 Å². The van der Waals surface area contributed by atoms with Crippen LogP contribution in [0.5, 0.6) is 0 Å². The molecule has 1 heterocycles. The quantitative estimate of drug-likeness (QED) is 0.619. The molecule has 64 valence electrons. The smallest absolute Gasteiger partial charge is 0.297 e. The molecule has 1 aliphatic heterocycles. The highest BCUT2D eigenvalue weighted by Gasteiger charge is 2.33. The monoisotopic (exact) mass is 180 g/mol. The highest BCUT2D eigenvalue weighted by molar-refractivity contribution is 8.00. The summed E-state index contributed by atoms with van der Waals surface area (Å²) in [7, 11) is 0. The number of rotatable bonds is 3. The van der Waals surface area contributed by atoms with E-state index in [9.17, 15) is 13.6 Å². The maximum Gasteiger partial charge on any atom is 0.303 e. The van der Waals surface area contributed by atoms with Crippen LogP contribution in [0.4, 0.5) is 8.78 Å². The van der Waals surface area contributed by atoms with Crippen molar-refractivity contribution in [3.8, 4) is 0 Å². The Morgan fingerprint density at radius 3 is 2.82 bits per heavy atom. The molecule has 1 unspecified atom stereocenters. The van der Waals surface area contributed by atoms with Crippen LogP contribution in [-0.4, -0.2) is 23.2 Å². The lowest BCUT2D eigenvalue weighted by Crippen LogP contribution is -2.22. The zero-order chi connectivity index (χ0) is 8.32. The second kappa shape index (κ2) is 3.52. The zero-order valence-corrected chi connectivity index (χ0v) is 6.87. The minimum absolute atomic E-state index is 0.00444. The normalized spacial score (nSPS) is 25.5. The Kier molecular flexibility index (Phi) is 2.87. The first kappa shape index (κ1) is 8.97. The molecule has 1 aliphatic rings. The highest BCUT2D eigenvalue weighted by atomic mass is 32.2. The third-order valence-corrected chi connectivity index (χ3v) is 3.09. The molecule has 1 saturated heterocycles. The van der Waals surface area contributed by atoms with Crippen molar-refractivity contribution in [1.82, 2.24) is 0 Å². The fraction of sp³-hybridized carbons (Fsp3) is 0.857. The molecule has 0 bridgehead atoms. The van der Waals surface area contributed by atoms with Gasteiger partial charge in [0, 0.05) is 11.7 Å². The van der Waals surface area contributed by atoms with E-state index in [0.29, 0.717) is 0 Å². The molecular weight excluding hydrogens is 170 g/mol. The predicted octanol–water partition coefficient (Wildman–Crippen LogP) is 2.11. The van der Waals surface area contributed by atoms with Crippen molar-refractivity contribution in [2.45, 2.75) is 30.4 Å². The molecule has 0 aromatic rings. The third-order valence-electron chi connectivity index (χ3n) is 1.70. The van der Waals surface area contributed by atoms with E-state index in [1.807, 2.05) is 0 Å². The van der Waals surface area contributed by atoms with Crippen molar-refractivity contribution < 1.29 is 13.6 Å². The SMILES string of the molecule is O=CC(F)(F)CC1CCCS1. The largest absolute Gasteiger partial charge is 0.303 e. The molecule has 4 heteroatoms. The Bertz CT molecular complexity index is 143. The first-order chi connectivity index (χ1) is 5.14. The summed E-state index contributed by atoms with van der Waals surface area (Å²) in [6, 6.07) is 0. The van der Waals surface area contributed by atoms with E-state index in [1.165, 1.54) is 0 Å². The Morgan fingerprint density at radius 2 is 2.36 bits per heavy atom. The fourth-order valence-electron chi connectivity index (χ4n) is 1.16. The van der Waals surface area contributed by atoms with Crippen LogP contribution in [0.15, 0.2) is 0 Å². The number of thioether (sulfide) groups is 1. The minimum atomic E-state index is -3.10. The number of hydrogen-bond donors (Lipinski definition) is 0. The maximum absolute atomic E-state index is 12.4. The van der Waals surface area contributed by atoms with Gasteiger partial charge in [0.1, 0.15) is 0 Å². The van der Waals surface area contributed by atoms with Gasteiger partial charge in [-0.15, -0.1) is 0 Å². The van der Waals surface area contributed by atoms with Crippen LogP contribution in [0.25, 0.3) is 0 Å². The minimum Gasteiger partial charge on any atom is -0.297 e. The van der Waals surface area contributed by atoms with Gasteiger partial charge in [-0.3, -0.25) is 4.79 Å². The molecule has 0 amide bonds. The standard InChI is InChI=1S/C7H10F2OS/c8-7(9,5-10)4-6-2-1-3-11-6/h5-6H,1-4H2. The van der Waals surface area contributed by atoms with Crippen molar-refractivity contribution in [3.63, 3.8) is 0 Å². The second-order valence-corrected chi connectivity index (χ2v) is 4.13. The number of carbonyl (C=O) groups is 1. The lowest BCUT2D eigenvalue weighted by molar-refractivity contribution is -0.129. The molecule has 0 saturated carbocycles. The average molecular weight is 180 g/mol. The first-order valence-electron chi connectivity index (χ1n) is 3.60. The van der Waals surface area contributed by atoms with Crippen molar-refractivity contribution in [1.29, 1.82) is 0 Å². The lowest BCUT2D eigenvalue weighted by atomic mass is 10.1. The lowest BCUT2D eigenvalue weighted by Gasteiger charge is -2.12. The Balaban J connectivity index is 2.33. The second-order valence-electron chi connectivity index (χ2n) is 2.72. The van der Waals surface area contributed by atoms with Crippen molar-refractivity contribution in [2.75, 3.05) is 5.75 Å². The van der Waals surface area contributed by atoms with E-state index in [1.54, 1.807) is 11.8 Å². The molecule has 1 atom stereocenters. The third kappa shape index (κ3) is 2.77. The summed E-state index contributed by atoms with van der Waals surface area (Å²) < 4.78 is 24.8. The van der Waals surface area contributed by atoms with Crippen LogP contribution in [0.2, 0.25) is 0 Å². The molecule has 1 rings (SSSR count). The molecule has 0 aromatic carbocycles. The predicted molar refractivity (Wildman–Crippen MR) is 41.1 cm³/mol. The Labute approximate surface area is 68.5 Å². The zero-order valence-electron chi connectivity index (χ0n) is 6.06. The van der Waals surface area contributed by atoms with Crippen LogP contribution in [-0.2, 0) is 4.79 Å². The fourth-order valence-corrected chi connectivity index (χ4v) is 2.50. The van der Waals surface area contributed by atoms with Crippen molar-refractivity contribution in [2.24, 2.45) is 0 Å². The van der Waals surface area contributed by atoms with Gasteiger partial charge in [0.05, 0.1) is 0 Å². The van der Waals surface area contributed by atoms with Gasteiger partial charge in [0.2, 0.25) is 0 Å². The number of aldehydes is 1. The molecule has 0 aliphatic carbocycles. The van der Waals surface area contributed by atoms with E-state index >= 15 is 0 Å². The van der Waals surface area contributed by atoms with Crippen LogP contribution in [0.1, 0.15) is 19.3 Å². The van der Waals surface area contributed by atoms with Gasteiger partial charge < -0.3 is 0 Å². The molecule has 0 radical (unpaired) electrons. The van der Waals surface area contributed by atoms with Crippen LogP contribution >= 0.6 is 11.8 Å². The molecule has 0 N–H and O–H groups in total. The molecule has 0 spiro atoms. The van der Waals surface area contributed by atoms with Crippen LogP contribution < -0.4 is 0 Å². The molecule has 1 fully saturated rings. The van der Waals surface area contributed by atoms with E-state index < -0.39 is 5.92 Å². The summed E-state index contributed by atoms with van der Waals surface area (Å²) in [4.78, 5) is 9.86. The maximum atomic E-state index is 12.4. The summed E-state index contributed by atoms with van der Waals surface area (Å²) in [5.74, 6) is -2.14. The number of carbonyl (C=O) groups excluding carboxylic acids is 1. The van der Waals surface area contributed by atoms with E-state index in [2.05, 4.69) is 0 Å². The number of alkyl halides is 2. The summed E-state index contributed by atoms with van der Waals surface area (Å²) in [5.41, 5.74) is 0. The molecule has 0 aromatic heterocycles. The van der Waals surface area contributed by atoms with Crippen LogP contribution in [0.3, 0.4) is 0 Å². The molecule has 11 heavy (non-hydrogen) atoms. The Morgan fingerprint density at radius 1 is 1.64 bits per heavy atom. The summed E-state index contributed by atoms with van der Waals surface area (Å²) in [6.45, 7) is 0. The topological polar surface area (TPSA) is 17.1 Å². The molecular formula is C7H10F2OS. The van der Waals surface area contributed by atoms with Gasteiger partial charge >= 0.3 is 5.92 Å². The van der Waals surface area contributed by atoms with Gasteiger partial charge in [-0.2, -0.15) is 20.5 Å². The summed E-state index contributed by atoms with van der Waals surface area (Å²) in [5, 5.41) is -0.00444.